The summed E-state index contributed by atoms with van der Waals surface area (Å²) >= 11 is 0. The van der Waals surface area contributed by atoms with Crippen LogP contribution in [0.4, 0.5) is 0 Å². The van der Waals surface area contributed by atoms with Gasteiger partial charge in [0.15, 0.2) is 0 Å². The van der Waals surface area contributed by atoms with Crippen LogP contribution in [0.5, 0.6) is 0 Å². The van der Waals surface area contributed by atoms with Crippen molar-refractivity contribution >= 4 is 11.8 Å². The minimum atomic E-state index is -0.220. The Bertz CT molecular complexity index is 389. The monoisotopic (exact) mass is 240 g/mol. The average Bonchev–Trinajstić information content (AvgIpc) is 2.76. The zero-order valence-electron chi connectivity index (χ0n) is 9.64. The predicted octanol–water partition coefficient (Wildman–Crippen LogP) is -2.01. The van der Waals surface area contributed by atoms with Crippen molar-refractivity contribution in [2.75, 3.05) is 13.6 Å². The van der Waals surface area contributed by atoms with Crippen molar-refractivity contribution in [1.29, 1.82) is 0 Å². The summed E-state index contributed by atoms with van der Waals surface area (Å²) in [5.41, 5.74) is 5.99. The molecule has 0 spiro atoms. The molecule has 2 amide bonds. The summed E-state index contributed by atoms with van der Waals surface area (Å²) in [5, 5.41) is 12.6. The van der Waals surface area contributed by atoms with Crippen LogP contribution in [0.2, 0.25) is 0 Å². The van der Waals surface area contributed by atoms with E-state index in [2.05, 4.69) is 20.9 Å². The SMILES string of the molecule is CNC(=O)CCNC(=O)Cn1cc(CN)nn1. The summed E-state index contributed by atoms with van der Waals surface area (Å²) in [7, 11) is 1.55. The Morgan fingerprint density at radius 2 is 2.24 bits per heavy atom. The van der Waals surface area contributed by atoms with Gasteiger partial charge in [0, 0.05) is 26.6 Å². The molecule has 0 saturated carbocycles. The lowest BCUT2D eigenvalue weighted by Gasteiger charge is -2.04. The summed E-state index contributed by atoms with van der Waals surface area (Å²) in [4.78, 5) is 22.3. The number of amides is 2. The van der Waals surface area contributed by atoms with E-state index in [4.69, 9.17) is 5.73 Å². The molecule has 0 fully saturated rings. The van der Waals surface area contributed by atoms with Gasteiger partial charge in [-0.1, -0.05) is 5.21 Å². The molecule has 0 aliphatic rings. The predicted molar refractivity (Wildman–Crippen MR) is 59.6 cm³/mol. The van der Waals surface area contributed by atoms with Gasteiger partial charge >= 0.3 is 0 Å². The largest absolute Gasteiger partial charge is 0.359 e. The second kappa shape index (κ2) is 6.59. The zero-order valence-corrected chi connectivity index (χ0v) is 9.64. The molecule has 0 unspecified atom stereocenters. The van der Waals surface area contributed by atoms with Gasteiger partial charge in [0.1, 0.15) is 6.54 Å². The topological polar surface area (TPSA) is 115 Å². The number of hydrogen-bond donors (Lipinski definition) is 3. The van der Waals surface area contributed by atoms with Gasteiger partial charge < -0.3 is 16.4 Å². The summed E-state index contributed by atoms with van der Waals surface area (Å²) in [6, 6.07) is 0. The van der Waals surface area contributed by atoms with Crippen molar-refractivity contribution < 1.29 is 9.59 Å². The number of carbonyl (C=O) groups excluding carboxylic acids is 2. The van der Waals surface area contributed by atoms with Crippen LogP contribution in [-0.4, -0.2) is 40.4 Å². The van der Waals surface area contributed by atoms with E-state index >= 15 is 0 Å². The van der Waals surface area contributed by atoms with Gasteiger partial charge in [-0.3, -0.25) is 9.59 Å². The third-order valence-corrected chi connectivity index (χ3v) is 2.05. The molecule has 0 radical (unpaired) electrons. The van der Waals surface area contributed by atoms with Crippen LogP contribution in [0.15, 0.2) is 6.20 Å². The lowest BCUT2D eigenvalue weighted by Crippen LogP contribution is -2.31. The van der Waals surface area contributed by atoms with Crippen molar-refractivity contribution in [3.63, 3.8) is 0 Å². The fraction of sp³-hybridized carbons (Fsp3) is 0.556. The lowest BCUT2D eigenvalue weighted by atomic mass is 10.4. The number of nitrogens with two attached hydrogens (primary N) is 1. The molecule has 1 heterocycles. The Morgan fingerprint density at radius 1 is 1.47 bits per heavy atom. The maximum Gasteiger partial charge on any atom is 0.241 e. The first-order valence-electron chi connectivity index (χ1n) is 5.22. The molecule has 17 heavy (non-hydrogen) atoms. The van der Waals surface area contributed by atoms with Crippen LogP contribution < -0.4 is 16.4 Å². The van der Waals surface area contributed by atoms with Gasteiger partial charge in [0.2, 0.25) is 11.8 Å². The average molecular weight is 240 g/mol. The highest BCUT2D eigenvalue weighted by atomic mass is 16.2. The minimum Gasteiger partial charge on any atom is -0.359 e. The minimum absolute atomic E-state index is 0.0702. The highest BCUT2D eigenvalue weighted by Gasteiger charge is 2.05. The number of aromatic nitrogens is 3. The Hall–Kier alpha value is -1.96. The molecule has 0 aromatic carbocycles. The van der Waals surface area contributed by atoms with E-state index in [9.17, 15) is 9.59 Å². The molecule has 8 heteroatoms. The van der Waals surface area contributed by atoms with E-state index in [0.29, 0.717) is 12.2 Å². The van der Waals surface area contributed by atoms with Crippen molar-refractivity contribution in [1.82, 2.24) is 25.6 Å². The first kappa shape index (κ1) is 13.1. The molecule has 0 aliphatic heterocycles. The molecule has 8 nitrogen and oxygen atoms in total. The highest BCUT2D eigenvalue weighted by molar-refractivity contribution is 5.78. The summed E-state index contributed by atoms with van der Waals surface area (Å²) in [6.45, 7) is 0.663. The molecule has 0 bridgehead atoms. The quantitative estimate of drug-likeness (QED) is 0.531. The molecule has 0 atom stereocenters. The fourth-order valence-electron chi connectivity index (χ4n) is 1.15. The van der Waals surface area contributed by atoms with Crippen LogP contribution in [-0.2, 0) is 22.7 Å². The number of hydrogen-bond acceptors (Lipinski definition) is 5. The first-order chi connectivity index (χ1) is 8.15. The van der Waals surface area contributed by atoms with Crippen LogP contribution in [0.1, 0.15) is 12.1 Å². The zero-order chi connectivity index (χ0) is 12.7. The summed E-state index contributed by atoms with van der Waals surface area (Å²) in [6.07, 6.45) is 1.87. The third kappa shape index (κ3) is 4.60. The smallest absolute Gasteiger partial charge is 0.241 e. The maximum atomic E-state index is 11.4. The van der Waals surface area contributed by atoms with Crippen molar-refractivity contribution in [3.8, 4) is 0 Å². The van der Waals surface area contributed by atoms with E-state index in [1.807, 2.05) is 0 Å². The Labute approximate surface area is 98.5 Å². The van der Waals surface area contributed by atoms with Crippen molar-refractivity contribution in [2.45, 2.75) is 19.5 Å². The maximum absolute atomic E-state index is 11.4. The second-order valence-electron chi connectivity index (χ2n) is 3.38. The number of nitrogens with zero attached hydrogens (tertiary/aromatic N) is 3. The molecule has 4 N–H and O–H groups in total. The van der Waals surface area contributed by atoms with Gasteiger partial charge in [0.05, 0.1) is 11.9 Å². The second-order valence-corrected chi connectivity index (χ2v) is 3.38. The lowest BCUT2D eigenvalue weighted by molar-refractivity contribution is -0.122. The third-order valence-electron chi connectivity index (χ3n) is 2.05. The van der Waals surface area contributed by atoms with E-state index in [0.717, 1.165) is 0 Å². The van der Waals surface area contributed by atoms with Crippen molar-refractivity contribution in [2.24, 2.45) is 5.73 Å². The molecule has 0 saturated heterocycles. The molecule has 94 valence electrons. The van der Waals surface area contributed by atoms with Gasteiger partial charge in [-0.15, -0.1) is 5.10 Å². The van der Waals surface area contributed by atoms with Gasteiger partial charge in [0.25, 0.3) is 0 Å². The van der Waals surface area contributed by atoms with Gasteiger partial charge in [-0.05, 0) is 0 Å². The first-order valence-corrected chi connectivity index (χ1v) is 5.22. The van der Waals surface area contributed by atoms with Gasteiger partial charge in [-0.2, -0.15) is 0 Å². The molecule has 1 rings (SSSR count). The number of nitrogens with one attached hydrogen (secondary N) is 2. The van der Waals surface area contributed by atoms with Gasteiger partial charge in [-0.25, -0.2) is 4.68 Å². The summed E-state index contributed by atoms with van der Waals surface area (Å²) < 4.78 is 1.40. The normalized spacial score (nSPS) is 10.0. The van der Waals surface area contributed by atoms with Crippen LogP contribution >= 0.6 is 0 Å². The van der Waals surface area contributed by atoms with E-state index in [1.165, 1.54) is 4.68 Å². The Balaban J connectivity index is 2.27. The molecule has 1 aromatic rings. The Kier molecular flexibility index (Phi) is 5.08. The molecule has 0 aliphatic carbocycles. The fourth-order valence-corrected chi connectivity index (χ4v) is 1.15. The van der Waals surface area contributed by atoms with E-state index in [1.54, 1.807) is 13.2 Å². The Morgan fingerprint density at radius 3 is 2.82 bits per heavy atom. The number of carbonyl (C=O) groups is 2. The molecular weight excluding hydrogens is 224 g/mol. The van der Waals surface area contributed by atoms with Crippen LogP contribution in [0.25, 0.3) is 0 Å². The highest BCUT2D eigenvalue weighted by Crippen LogP contribution is 1.90. The summed E-state index contributed by atoms with van der Waals surface area (Å²) in [5.74, 6) is -0.334. The van der Waals surface area contributed by atoms with Crippen LogP contribution in [0, 0.1) is 0 Å². The van der Waals surface area contributed by atoms with E-state index < -0.39 is 0 Å². The molecular formula is C9H16N6O2. The van der Waals surface area contributed by atoms with Crippen LogP contribution in [0.3, 0.4) is 0 Å². The molecule has 1 aromatic heterocycles. The number of rotatable bonds is 6. The van der Waals surface area contributed by atoms with E-state index in [-0.39, 0.29) is 31.3 Å². The standard InChI is InChI=1S/C9H16N6O2/c1-11-8(16)2-3-12-9(17)6-15-5-7(4-10)13-14-15/h5H,2-4,6,10H2,1H3,(H,11,16)(H,12,17). The van der Waals surface area contributed by atoms with Crippen molar-refractivity contribution in [3.05, 3.63) is 11.9 Å².